The number of thiophene rings is 1. The third-order valence-electron chi connectivity index (χ3n) is 4.89. The molecule has 0 bridgehead atoms. The van der Waals surface area contributed by atoms with E-state index >= 15 is 0 Å². The van der Waals surface area contributed by atoms with Crippen LogP contribution >= 0.6 is 22.9 Å². The number of fused-ring (bicyclic) bond motifs is 1. The van der Waals surface area contributed by atoms with E-state index < -0.39 is 0 Å². The monoisotopic (exact) mass is 374 g/mol. The van der Waals surface area contributed by atoms with Crippen LogP contribution in [-0.2, 0) is 13.0 Å². The molecule has 25 heavy (non-hydrogen) atoms. The Morgan fingerprint density at radius 3 is 2.96 bits per heavy atom. The van der Waals surface area contributed by atoms with E-state index in [1.54, 1.807) is 0 Å². The summed E-state index contributed by atoms with van der Waals surface area (Å²) in [6, 6.07) is 10.8. The number of benzene rings is 1. The Morgan fingerprint density at radius 2 is 2.16 bits per heavy atom. The second-order valence-electron chi connectivity index (χ2n) is 6.55. The summed E-state index contributed by atoms with van der Waals surface area (Å²) in [6.45, 7) is 4.84. The minimum absolute atomic E-state index is 0.303. The van der Waals surface area contributed by atoms with Gasteiger partial charge in [-0.05, 0) is 47.5 Å². The maximum atomic E-state index is 6.10. The van der Waals surface area contributed by atoms with Gasteiger partial charge >= 0.3 is 0 Å². The van der Waals surface area contributed by atoms with Gasteiger partial charge in [-0.25, -0.2) is 0 Å². The van der Waals surface area contributed by atoms with Crippen LogP contribution < -0.4 is 10.6 Å². The normalized spacial score (nSPS) is 18.8. The van der Waals surface area contributed by atoms with E-state index in [1.165, 1.54) is 16.0 Å². The molecule has 1 unspecified atom stereocenters. The zero-order chi connectivity index (χ0) is 17.1. The van der Waals surface area contributed by atoms with E-state index in [2.05, 4.69) is 44.1 Å². The van der Waals surface area contributed by atoms with Crippen molar-refractivity contribution >= 4 is 28.9 Å². The van der Waals surface area contributed by atoms with Crippen LogP contribution in [-0.4, -0.2) is 37.0 Å². The molecule has 0 aliphatic carbocycles. The molecular formula is C19H23ClN4S. The molecule has 1 aromatic heterocycles. The second kappa shape index (κ2) is 7.77. The van der Waals surface area contributed by atoms with Crippen molar-refractivity contribution in [2.24, 2.45) is 4.99 Å². The summed E-state index contributed by atoms with van der Waals surface area (Å²) < 4.78 is 0. The Labute approximate surface area is 157 Å². The molecule has 0 radical (unpaired) electrons. The third kappa shape index (κ3) is 4.00. The molecule has 3 heterocycles. The molecule has 1 atom stereocenters. The van der Waals surface area contributed by atoms with Gasteiger partial charge in [0, 0.05) is 42.6 Å². The molecule has 132 valence electrons. The van der Waals surface area contributed by atoms with Gasteiger partial charge < -0.3 is 10.6 Å². The molecule has 2 N–H and O–H groups in total. The van der Waals surface area contributed by atoms with E-state index in [9.17, 15) is 0 Å². The lowest BCUT2D eigenvalue weighted by Crippen LogP contribution is -2.45. The Balaban J connectivity index is 1.53. The first kappa shape index (κ1) is 16.9. The van der Waals surface area contributed by atoms with Gasteiger partial charge in [-0.3, -0.25) is 9.89 Å². The van der Waals surface area contributed by atoms with E-state index in [-0.39, 0.29) is 0 Å². The highest BCUT2D eigenvalue weighted by atomic mass is 35.5. The van der Waals surface area contributed by atoms with Gasteiger partial charge in [0.2, 0.25) is 0 Å². The summed E-state index contributed by atoms with van der Waals surface area (Å²) in [7, 11) is 0. The first-order valence-corrected chi connectivity index (χ1v) is 10.1. The first-order chi connectivity index (χ1) is 12.3. The highest BCUT2D eigenvalue weighted by molar-refractivity contribution is 7.10. The van der Waals surface area contributed by atoms with Crippen molar-refractivity contribution < 1.29 is 0 Å². The lowest BCUT2D eigenvalue weighted by Gasteiger charge is -2.35. The molecule has 6 heteroatoms. The lowest BCUT2D eigenvalue weighted by molar-refractivity contribution is 0.181. The van der Waals surface area contributed by atoms with E-state index in [4.69, 9.17) is 11.6 Å². The number of halogens is 1. The zero-order valence-corrected chi connectivity index (χ0v) is 15.7. The predicted molar refractivity (Wildman–Crippen MR) is 106 cm³/mol. The topological polar surface area (TPSA) is 39.7 Å². The molecule has 0 saturated heterocycles. The van der Waals surface area contributed by atoms with Crippen LogP contribution in [0, 0.1) is 0 Å². The van der Waals surface area contributed by atoms with E-state index in [1.807, 2.05) is 23.5 Å². The van der Waals surface area contributed by atoms with Crippen LogP contribution in [0.15, 0.2) is 40.7 Å². The summed E-state index contributed by atoms with van der Waals surface area (Å²) in [4.78, 5) is 8.64. The fourth-order valence-corrected chi connectivity index (χ4v) is 4.54. The van der Waals surface area contributed by atoms with Crippen molar-refractivity contribution in [1.82, 2.24) is 15.5 Å². The Morgan fingerprint density at radius 1 is 1.28 bits per heavy atom. The number of aliphatic imine (C=N–C) groups is 1. The van der Waals surface area contributed by atoms with Gasteiger partial charge in [-0.2, -0.15) is 0 Å². The maximum Gasteiger partial charge on any atom is 0.191 e. The summed E-state index contributed by atoms with van der Waals surface area (Å²) >= 11 is 7.98. The second-order valence-corrected chi connectivity index (χ2v) is 7.99. The van der Waals surface area contributed by atoms with Crippen LogP contribution in [0.25, 0.3) is 0 Å². The van der Waals surface area contributed by atoms with Gasteiger partial charge in [-0.1, -0.05) is 23.7 Å². The van der Waals surface area contributed by atoms with Gasteiger partial charge in [0.15, 0.2) is 5.96 Å². The molecule has 0 saturated carbocycles. The number of hydrogen-bond acceptors (Lipinski definition) is 5. The van der Waals surface area contributed by atoms with Crippen LogP contribution in [0.4, 0.5) is 0 Å². The van der Waals surface area contributed by atoms with Crippen molar-refractivity contribution in [3.63, 3.8) is 0 Å². The number of nitrogens with zero attached hydrogens (tertiary/aromatic N) is 2. The Bertz CT molecular complexity index is 740. The minimum atomic E-state index is 0.303. The Kier molecular flexibility index (Phi) is 5.25. The van der Waals surface area contributed by atoms with Crippen LogP contribution in [0.3, 0.4) is 0 Å². The lowest BCUT2D eigenvalue weighted by atomic mass is 10.0. The maximum absolute atomic E-state index is 6.10. The highest BCUT2D eigenvalue weighted by Crippen LogP contribution is 2.30. The smallest absolute Gasteiger partial charge is 0.191 e. The van der Waals surface area contributed by atoms with Gasteiger partial charge in [-0.15, -0.1) is 11.3 Å². The quantitative estimate of drug-likeness (QED) is 0.861. The minimum Gasteiger partial charge on any atom is -0.356 e. The summed E-state index contributed by atoms with van der Waals surface area (Å²) in [5.74, 6) is 0.929. The molecule has 1 aromatic carbocycles. The summed E-state index contributed by atoms with van der Waals surface area (Å²) in [5.41, 5.74) is 2.77. The van der Waals surface area contributed by atoms with Crippen LogP contribution in [0.2, 0.25) is 5.02 Å². The average molecular weight is 375 g/mol. The average Bonchev–Trinajstić information content (AvgIpc) is 3.12. The van der Waals surface area contributed by atoms with Crippen molar-refractivity contribution in [3.05, 3.63) is 56.7 Å². The fraction of sp³-hybridized carbons (Fsp3) is 0.421. The number of nitrogens with one attached hydrogen (secondary N) is 2. The predicted octanol–water partition coefficient (Wildman–Crippen LogP) is 3.44. The van der Waals surface area contributed by atoms with E-state index in [0.29, 0.717) is 6.04 Å². The number of hydrogen-bond donors (Lipinski definition) is 2. The largest absolute Gasteiger partial charge is 0.356 e. The number of rotatable bonds is 4. The van der Waals surface area contributed by atoms with Crippen molar-refractivity contribution in [2.75, 3.05) is 26.2 Å². The highest BCUT2D eigenvalue weighted by Gasteiger charge is 2.25. The first-order valence-electron chi connectivity index (χ1n) is 8.86. The van der Waals surface area contributed by atoms with Crippen molar-refractivity contribution in [1.29, 1.82) is 0 Å². The molecule has 0 amide bonds. The standard InChI is InChI=1S/C19H23ClN4S/c20-16-4-2-14(3-5-16)17(12-23-19-21-8-1-9-22-19)24-10-6-18-15(13-24)7-11-25-18/h2-5,7,11,17H,1,6,8-10,12-13H2,(H2,21,22,23). The zero-order valence-electron chi connectivity index (χ0n) is 14.2. The molecule has 0 fully saturated rings. The summed E-state index contributed by atoms with van der Waals surface area (Å²) in [6.07, 6.45) is 2.25. The summed E-state index contributed by atoms with van der Waals surface area (Å²) in [5, 5.41) is 9.86. The third-order valence-corrected chi connectivity index (χ3v) is 6.17. The van der Waals surface area contributed by atoms with Crippen LogP contribution in [0.5, 0.6) is 0 Å². The van der Waals surface area contributed by atoms with Crippen LogP contribution in [0.1, 0.15) is 28.5 Å². The molecule has 4 nitrogen and oxygen atoms in total. The van der Waals surface area contributed by atoms with Gasteiger partial charge in [0.1, 0.15) is 0 Å². The Hall–Kier alpha value is -1.56. The number of guanidine groups is 1. The van der Waals surface area contributed by atoms with Crippen molar-refractivity contribution in [3.8, 4) is 0 Å². The molecule has 2 aliphatic rings. The van der Waals surface area contributed by atoms with E-state index in [0.717, 1.165) is 56.5 Å². The SMILES string of the molecule is Clc1ccc(C(CNC2=NCCCN2)N2CCc3sccc3C2)cc1. The molecule has 2 aliphatic heterocycles. The molecular weight excluding hydrogens is 352 g/mol. The molecule has 0 spiro atoms. The van der Waals surface area contributed by atoms with Gasteiger partial charge in [0.25, 0.3) is 0 Å². The molecule has 4 rings (SSSR count). The van der Waals surface area contributed by atoms with Gasteiger partial charge in [0.05, 0.1) is 6.04 Å². The molecule has 2 aromatic rings. The fourth-order valence-electron chi connectivity index (χ4n) is 3.52. The van der Waals surface area contributed by atoms with Crippen molar-refractivity contribution in [2.45, 2.75) is 25.4 Å².